The van der Waals surface area contributed by atoms with E-state index in [0.29, 0.717) is 12.8 Å². The molecular weight excluding hydrogens is 128 g/mol. The molecule has 2 heteroatoms. The quantitative estimate of drug-likeness (QED) is 0.587. The van der Waals surface area contributed by atoms with Gasteiger partial charge in [-0.1, -0.05) is 6.08 Å². The first-order valence-electron chi connectivity index (χ1n) is 3.47. The minimum Gasteiger partial charge on any atom is -0.393 e. The van der Waals surface area contributed by atoms with E-state index in [1.54, 1.807) is 13.0 Å². The highest BCUT2D eigenvalue weighted by Crippen LogP contribution is 1.98. The predicted molar refractivity (Wildman–Crippen MR) is 40.7 cm³/mol. The molecule has 0 aliphatic heterocycles. The van der Waals surface area contributed by atoms with E-state index in [1.807, 2.05) is 0 Å². The first kappa shape index (κ1) is 9.37. The lowest BCUT2D eigenvalue weighted by Crippen LogP contribution is -2.08. The molecular formula is C8H14O2. The second-order valence-electron chi connectivity index (χ2n) is 2.42. The molecule has 0 amide bonds. The van der Waals surface area contributed by atoms with Crippen LogP contribution in [0.1, 0.15) is 26.2 Å². The van der Waals surface area contributed by atoms with Gasteiger partial charge in [-0.05, 0) is 13.3 Å². The van der Waals surface area contributed by atoms with Gasteiger partial charge in [-0.15, -0.1) is 6.58 Å². The highest BCUT2D eigenvalue weighted by molar-refractivity contribution is 5.78. The van der Waals surface area contributed by atoms with E-state index in [-0.39, 0.29) is 12.2 Å². The van der Waals surface area contributed by atoms with Crippen LogP contribution in [-0.4, -0.2) is 17.0 Å². The van der Waals surface area contributed by atoms with Gasteiger partial charge in [0.15, 0.2) is 0 Å². The number of carbonyl (C=O) groups is 1. The van der Waals surface area contributed by atoms with Crippen LogP contribution in [0.2, 0.25) is 0 Å². The average molecular weight is 142 g/mol. The molecule has 0 aliphatic carbocycles. The van der Waals surface area contributed by atoms with Crippen molar-refractivity contribution < 1.29 is 9.90 Å². The maximum Gasteiger partial charge on any atom is 0.135 e. The maximum atomic E-state index is 10.8. The van der Waals surface area contributed by atoms with Gasteiger partial charge in [0, 0.05) is 12.8 Å². The van der Waals surface area contributed by atoms with Gasteiger partial charge in [0.05, 0.1) is 6.10 Å². The van der Waals surface area contributed by atoms with Crippen LogP contribution in [0.5, 0.6) is 0 Å². The fourth-order valence-corrected chi connectivity index (χ4v) is 0.695. The smallest absolute Gasteiger partial charge is 0.135 e. The molecule has 2 nitrogen and oxygen atoms in total. The number of allylic oxidation sites excluding steroid dienone is 1. The second kappa shape index (κ2) is 5.18. The summed E-state index contributed by atoms with van der Waals surface area (Å²) in [6, 6.07) is 0. The summed E-state index contributed by atoms with van der Waals surface area (Å²) >= 11 is 0. The number of rotatable bonds is 5. The van der Waals surface area contributed by atoms with Crippen molar-refractivity contribution in [2.24, 2.45) is 0 Å². The van der Waals surface area contributed by atoms with Gasteiger partial charge in [-0.25, -0.2) is 0 Å². The van der Waals surface area contributed by atoms with Gasteiger partial charge >= 0.3 is 0 Å². The molecule has 1 N–H and O–H groups in total. The van der Waals surface area contributed by atoms with Crippen molar-refractivity contribution in [2.75, 3.05) is 0 Å². The number of aliphatic hydroxyl groups excluding tert-OH is 1. The lowest BCUT2D eigenvalue weighted by Gasteiger charge is -2.00. The first-order valence-corrected chi connectivity index (χ1v) is 3.47. The van der Waals surface area contributed by atoms with E-state index in [1.165, 1.54) is 0 Å². The third-order valence-electron chi connectivity index (χ3n) is 1.15. The molecule has 0 bridgehead atoms. The summed E-state index contributed by atoms with van der Waals surface area (Å²) in [5.74, 6) is 0.106. The summed E-state index contributed by atoms with van der Waals surface area (Å²) in [7, 11) is 0. The first-order chi connectivity index (χ1) is 4.66. The van der Waals surface area contributed by atoms with Crippen LogP contribution in [0.3, 0.4) is 0 Å². The van der Waals surface area contributed by atoms with Gasteiger partial charge < -0.3 is 5.11 Å². The summed E-state index contributed by atoms with van der Waals surface area (Å²) in [5.41, 5.74) is 0. The third kappa shape index (κ3) is 5.51. The lowest BCUT2D eigenvalue weighted by molar-refractivity contribution is -0.120. The molecule has 0 rings (SSSR count). The van der Waals surface area contributed by atoms with Gasteiger partial charge in [-0.2, -0.15) is 0 Å². The maximum absolute atomic E-state index is 10.8. The minimum atomic E-state index is -0.502. The Balaban J connectivity index is 3.34. The summed E-state index contributed by atoms with van der Waals surface area (Å²) in [4.78, 5) is 10.8. The van der Waals surface area contributed by atoms with Gasteiger partial charge in [0.2, 0.25) is 0 Å². The summed E-state index contributed by atoms with van der Waals surface area (Å²) in [6.07, 6.45) is 2.70. The molecule has 0 radical (unpaired) electrons. The van der Waals surface area contributed by atoms with Crippen LogP contribution in [0, 0.1) is 0 Å². The van der Waals surface area contributed by atoms with Crippen LogP contribution in [0.25, 0.3) is 0 Å². The summed E-state index contributed by atoms with van der Waals surface area (Å²) in [5, 5.41) is 8.78. The highest BCUT2D eigenvalue weighted by Gasteiger charge is 2.03. The van der Waals surface area contributed by atoms with Crippen molar-refractivity contribution in [3.8, 4) is 0 Å². The van der Waals surface area contributed by atoms with Crippen LogP contribution in [-0.2, 0) is 4.79 Å². The van der Waals surface area contributed by atoms with E-state index in [4.69, 9.17) is 5.11 Å². The lowest BCUT2D eigenvalue weighted by atomic mass is 10.1. The number of aliphatic hydroxyl groups is 1. The molecule has 0 saturated carbocycles. The molecule has 0 heterocycles. The van der Waals surface area contributed by atoms with Crippen LogP contribution in [0.4, 0.5) is 0 Å². The molecule has 0 fully saturated rings. The summed E-state index contributed by atoms with van der Waals surface area (Å²) in [6.45, 7) is 5.11. The van der Waals surface area contributed by atoms with Gasteiger partial charge in [-0.3, -0.25) is 4.79 Å². The van der Waals surface area contributed by atoms with Crippen molar-refractivity contribution in [2.45, 2.75) is 32.3 Å². The molecule has 0 unspecified atom stereocenters. The Hall–Kier alpha value is -0.630. The molecule has 0 saturated heterocycles. The zero-order chi connectivity index (χ0) is 7.98. The zero-order valence-corrected chi connectivity index (χ0v) is 6.34. The molecule has 0 aliphatic rings. The molecule has 1 atom stereocenters. The van der Waals surface area contributed by atoms with Crippen molar-refractivity contribution in [1.29, 1.82) is 0 Å². The predicted octanol–water partition coefficient (Wildman–Crippen LogP) is 1.29. The topological polar surface area (TPSA) is 37.3 Å². The Morgan fingerprint density at radius 3 is 2.80 bits per heavy atom. The fraction of sp³-hybridized carbons (Fsp3) is 0.625. The molecule has 0 spiro atoms. The number of hydrogen-bond donors (Lipinski definition) is 1. The van der Waals surface area contributed by atoms with E-state index < -0.39 is 6.10 Å². The van der Waals surface area contributed by atoms with Crippen LogP contribution >= 0.6 is 0 Å². The van der Waals surface area contributed by atoms with Crippen molar-refractivity contribution in [3.63, 3.8) is 0 Å². The fourth-order valence-electron chi connectivity index (χ4n) is 0.695. The highest BCUT2D eigenvalue weighted by atomic mass is 16.3. The Morgan fingerprint density at radius 2 is 2.40 bits per heavy atom. The Kier molecular flexibility index (Phi) is 4.85. The average Bonchev–Trinajstić information content (AvgIpc) is 1.82. The molecule has 0 aromatic heterocycles. The molecule has 0 aromatic rings. The van der Waals surface area contributed by atoms with E-state index in [0.717, 1.165) is 0 Å². The van der Waals surface area contributed by atoms with Gasteiger partial charge in [0.1, 0.15) is 5.78 Å². The largest absolute Gasteiger partial charge is 0.393 e. The monoisotopic (exact) mass is 142 g/mol. The van der Waals surface area contributed by atoms with Crippen LogP contribution < -0.4 is 0 Å². The summed E-state index contributed by atoms with van der Waals surface area (Å²) < 4.78 is 0. The Bertz CT molecular complexity index is 116. The van der Waals surface area contributed by atoms with Crippen molar-refractivity contribution in [1.82, 2.24) is 0 Å². The number of carbonyl (C=O) groups excluding carboxylic acids is 1. The minimum absolute atomic E-state index is 0.106. The van der Waals surface area contributed by atoms with E-state index in [2.05, 4.69) is 6.58 Å². The Morgan fingerprint density at radius 1 is 1.80 bits per heavy atom. The van der Waals surface area contributed by atoms with E-state index in [9.17, 15) is 4.79 Å². The number of Topliss-reactive ketones (excluding diaryl/α,β-unsaturated/α-hetero) is 1. The van der Waals surface area contributed by atoms with Crippen molar-refractivity contribution in [3.05, 3.63) is 12.7 Å². The normalized spacial score (nSPS) is 12.6. The third-order valence-corrected chi connectivity index (χ3v) is 1.15. The second-order valence-corrected chi connectivity index (χ2v) is 2.42. The molecule has 10 heavy (non-hydrogen) atoms. The van der Waals surface area contributed by atoms with Crippen molar-refractivity contribution >= 4 is 5.78 Å². The Labute approximate surface area is 61.6 Å². The standard InChI is InChI=1S/C8H14O2/c1-3-4-5-8(10)6-7(2)9/h3,7,9H,1,4-6H2,2H3/t7-/m0/s1. The number of ketones is 1. The molecule has 0 aromatic carbocycles. The zero-order valence-electron chi connectivity index (χ0n) is 6.34. The molecule has 58 valence electrons. The van der Waals surface area contributed by atoms with E-state index >= 15 is 0 Å². The van der Waals surface area contributed by atoms with Crippen LogP contribution in [0.15, 0.2) is 12.7 Å². The SMILES string of the molecule is C=CCCC(=O)C[C@H](C)O. The number of hydrogen-bond acceptors (Lipinski definition) is 2. The van der Waals surface area contributed by atoms with Gasteiger partial charge in [0.25, 0.3) is 0 Å².